The molecule has 11 heteroatoms. The largest absolute Gasteiger partial charge is 0.424 e. The fourth-order valence-corrected chi connectivity index (χ4v) is 3.95. The van der Waals surface area contributed by atoms with Crippen LogP contribution in [0.2, 0.25) is 5.02 Å². The van der Waals surface area contributed by atoms with Crippen molar-refractivity contribution in [2.75, 3.05) is 0 Å². The van der Waals surface area contributed by atoms with E-state index >= 15 is 0 Å². The van der Waals surface area contributed by atoms with Crippen LogP contribution in [-0.2, 0) is 13.1 Å². The molecule has 0 unspecified atom stereocenters. The highest BCUT2D eigenvalue weighted by Gasteiger charge is 2.24. The first kappa shape index (κ1) is 15.6. The average Bonchev–Trinajstić information content (AvgIpc) is 2.97. The molecule has 0 N–H and O–H groups in total. The van der Waals surface area contributed by atoms with E-state index in [1.807, 2.05) is 12.1 Å². The molecule has 0 saturated carbocycles. The molecule has 1 aromatic carbocycles. The first-order valence-corrected chi connectivity index (χ1v) is 9.10. The molecular weight excluding hydrogens is 519 g/mol. The van der Waals surface area contributed by atoms with Gasteiger partial charge in [-0.3, -0.25) is 0 Å². The van der Waals surface area contributed by atoms with E-state index in [0.717, 1.165) is 16.9 Å². The number of hydrogen-bond acceptors (Lipinski definition) is 5. The molecule has 0 atom stereocenters. The van der Waals surface area contributed by atoms with E-state index in [4.69, 9.17) is 16.3 Å². The van der Waals surface area contributed by atoms with Crippen molar-refractivity contribution in [3.8, 4) is 11.8 Å². The highest BCUT2D eigenvalue weighted by Crippen LogP contribution is 2.37. The second kappa shape index (κ2) is 5.83. The van der Waals surface area contributed by atoms with E-state index < -0.39 is 0 Å². The highest BCUT2D eigenvalue weighted by atomic mass is 79.9. The second-order valence-electron chi connectivity index (χ2n) is 4.78. The monoisotopic (exact) mass is 522 g/mol. The standard InChI is InChI=1S/C12H6Br3ClN6O/c13-9-17-11(15)21(19-9)3-5-1-7(16)2-6-4-22-12(23-8(5)6)18-10(14)20-22/h1-2H,3-4H2. The number of fused-ring (bicyclic) bond motifs is 2. The Morgan fingerprint density at radius 3 is 2.65 bits per heavy atom. The summed E-state index contributed by atoms with van der Waals surface area (Å²) in [6.07, 6.45) is 0. The van der Waals surface area contributed by atoms with Gasteiger partial charge in [0.2, 0.25) is 9.47 Å². The van der Waals surface area contributed by atoms with E-state index in [-0.39, 0.29) is 0 Å². The van der Waals surface area contributed by atoms with E-state index in [2.05, 4.69) is 68.0 Å². The summed E-state index contributed by atoms with van der Waals surface area (Å²) in [6.45, 7) is 0.996. The quantitative estimate of drug-likeness (QED) is 0.396. The van der Waals surface area contributed by atoms with Gasteiger partial charge in [0.05, 0.1) is 13.1 Å². The molecule has 0 amide bonds. The molecule has 0 saturated heterocycles. The third-order valence-electron chi connectivity index (χ3n) is 3.25. The van der Waals surface area contributed by atoms with Crippen LogP contribution in [0, 0.1) is 0 Å². The maximum Gasteiger partial charge on any atom is 0.321 e. The molecule has 4 rings (SSSR count). The first-order valence-electron chi connectivity index (χ1n) is 6.35. The van der Waals surface area contributed by atoms with Crippen LogP contribution in [0.25, 0.3) is 0 Å². The van der Waals surface area contributed by atoms with Crippen LogP contribution in [0.15, 0.2) is 26.3 Å². The lowest BCUT2D eigenvalue weighted by Crippen LogP contribution is -2.14. The summed E-state index contributed by atoms with van der Waals surface area (Å²) in [7, 11) is 0. The summed E-state index contributed by atoms with van der Waals surface area (Å²) < 4.78 is 10.9. The molecule has 7 nitrogen and oxygen atoms in total. The summed E-state index contributed by atoms with van der Waals surface area (Å²) in [5, 5.41) is 9.12. The van der Waals surface area contributed by atoms with Crippen molar-refractivity contribution in [2.45, 2.75) is 13.1 Å². The Morgan fingerprint density at radius 2 is 1.91 bits per heavy atom. The molecule has 118 valence electrons. The number of aromatic nitrogens is 6. The highest BCUT2D eigenvalue weighted by molar-refractivity contribution is 9.11. The summed E-state index contributed by atoms with van der Waals surface area (Å²) in [6, 6.07) is 4.15. The van der Waals surface area contributed by atoms with Crippen molar-refractivity contribution in [2.24, 2.45) is 0 Å². The Morgan fingerprint density at radius 1 is 1.13 bits per heavy atom. The van der Waals surface area contributed by atoms with Gasteiger partial charge in [-0.1, -0.05) is 11.6 Å². The Hall–Kier alpha value is -0.970. The Bertz CT molecular complexity index is 924. The number of rotatable bonds is 2. The predicted molar refractivity (Wildman–Crippen MR) is 92.9 cm³/mol. The van der Waals surface area contributed by atoms with Gasteiger partial charge in [0.1, 0.15) is 5.75 Å². The Kier molecular flexibility index (Phi) is 3.94. The zero-order chi connectivity index (χ0) is 16.1. The van der Waals surface area contributed by atoms with Crippen LogP contribution in [0.1, 0.15) is 11.1 Å². The fraction of sp³-hybridized carbons (Fsp3) is 0.167. The van der Waals surface area contributed by atoms with Crippen molar-refractivity contribution < 1.29 is 4.74 Å². The molecule has 1 aliphatic heterocycles. The van der Waals surface area contributed by atoms with Gasteiger partial charge in [-0.25, -0.2) is 9.36 Å². The van der Waals surface area contributed by atoms with E-state index in [9.17, 15) is 0 Å². The summed E-state index contributed by atoms with van der Waals surface area (Å²) in [5.74, 6) is 0.723. The van der Waals surface area contributed by atoms with E-state index in [0.29, 0.717) is 38.3 Å². The smallest absolute Gasteiger partial charge is 0.321 e. The van der Waals surface area contributed by atoms with E-state index in [1.54, 1.807) is 9.36 Å². The van der Waals surface area contributed by atoms with Gasteiger partial charge in [0.15, 0.2) is 4.73 Å². The minimum absolute atomic E-state index is 0.437. The van der Waals surface area contributed by atoms with Crippen LogP contribution in [0.3, 0.4) is 0 Å². The number of nitrogens with zero attached hydrogens (tertiary/aromatic N) is 6. The van der Waals surface area contributed by atoms with Crippen LogP contribution in [0.4, 0.5) is 0 Å². The molecule has 0 spiro atoms. The molecule has 0 radical (unpaired) electrons. The van der Waals surface area contributed by atoms with Gasteiger partial charge >= 0.3 is 6.01 Å². The summed E-state index contributed by atoms with van der Waals surface area (Å²) >= 11 is 16.1. The molecule has 23 heavy (non-hydrogen) atoms. The molecule has 0 fully saturated rings. The number of benzene rings is 1. The number of ether oxygens (including phenoxy) is 1. The Balaban J connectivity index is 1.77. The number of halogens is 4. The minimum Gasteiger partial charge on any atom is -0.424 e. The maximum atomic E-state index is 6.25. The molecule has 3 heterocycles. The normalized spacial score (nSPS) is 12.7. The zero-order valence-corrected chi connectivity index (χ0v) is 16.7. The lowest BCUT2D eigenvalue weighted by Gasteiger charge is -2.20. The minimum atomic E-state index is 0.437. The van der Waals surface area contributed by atoms with Crippen LogP contribution in [0.5, 0.6) is 11.8 Å². The number of hydrogen-bond donors (Lipinski definition) is 0. The lowest BCUT2D eigenvalue weighted by molar-refractivity contribution is 0.369. The predicted octanol–water partition coefficient (Wildman–Crippen LogP) is 4.01. The molecule has 0 bridgehead atoms. The lowest BCUT2D eigenvalue weighted by atomic mass is 10.1. The van der Waals surface area contributed by atoms with Crippen LogP contribution in [-0.4, -0.2) is 29.5 Å². The fourth-order valence-electron chi connectivity index (χ4n) is 2.37. The average molecular weight is 525 g/mol. The van der Waals surface area contributed by atoms with E-state index in [1.165, 1.54) is 0 Å². The zero-order valence-electron chi connectivity index (χ0n) is 11.2. The van der Waals surface area contributed by atoms with Gasteiger partial charge in [0, 0.05) is 16.1 Å². The van der Waals surface area contributed by atoms with Crippen molar-refractivity contribution in [3.63, 3.8) is 0 Å². The molecule has 0 aliphatic carbocycles. The van der Waals surface area contributed by atoms with Crippen molar-refractivity contribution >= 4 is 59.4 Å². The SMILES string of the molecule is Clc1cc(Cn2nc(Br)nc2Br)c2c(c1)Cn1nc(Br)nc1O2. The van der Waals surface area contributed by atoms with Crippen molar-refractivity contribution in [3.05, 3.63) is 42.5 Å². The Labute approximate surface area is 160 Å². The third-order valence-corrected chi connectivity index (χ3v) is 4.73. The second-order valence-corrected chi connectivity index (χ2v) is 7.35. The maximum absolute atomic E-state index is 6.25. The molecular formula is C12H6Br3ClN6O. The topological polar surface area (TPSA) is 70.7 Å². The van der Waals surface area contributed by atoms with Gasteiger partial charge in [-0.15, -0.1) is 10.2 Å². The first-order chi connectivity index (χ1) is 11.0. The summed E-state index contributed by atoms with van der Waals surface area (Å²) in [5.41, 5.74) is 1.82. The van der Waals surface area contributed by atoms with Gasteiger partial charge in [0.25, 0.3) is 0 Å². The van der Waals surface area contributed by atoms with Crippen molar-refractivity contribution in [1.82, 2.24) is 29.5 Å². The van der Waals surface area contributed by atoms with Gasteiger partial charge in [-0.2, -0.15) is 9.97 Å². The van der Waals surface area contributed by atoms with Crippen molar-refractivity contribution in [1.29, 1.82) is 0 Å². The van der Waals surface area contributed by atoms with Gasteiger partial charge < -0.3 is 4.74 Å². The molecule has 2 aromatic heterocycles. The van der Waals surface area contributed by atoms with Crippen LogP contribution >= 0.6 is 59.4 Å². The summed E-state index contributed by atoms with van der Waals surface area (Å²) in [4.78, 5) is 8.36. The van der Waals surface area contributed by atoms with Gasteiger partial charge in [-0.05, 0) is 59.9 Å². The molecule has 1 aliphatic rings. The molecule has 3 aromatic rings. The third kappa shape index (κ3) is 2.92. The van der Waals surface area contributed by atoms with Crippen LogP contribution < -0.4 is 4.74 Å².